The van der Waals surface area contributed by atoms with E-state index in [0.29, 0.717) is 11.4 Å². The van der Waals surface area contributed by atoms with Crippen molar-refractivity contribution in [2.45, 2.75) is 23.3 Å². The molecule has 3 aromatic rings. The van der Waals surface area contributed by atoms with Gasteiger partial charge in [0.2, 0.25) is 0 Å². The van der Waals surface area contributed by atoms with Crippen LogP contribution in [0.3, 0.4) is 0 Å². The first-order chi connectivity index (χ1) is 16.4. The van der Waals surface area contributed by atoms with Crippen molar-refractivity contribution < 1.29 is 23.1 Å². The quantitative estimate of drug-likeness (QED) is 0.432. The summed E-state index contributed by atoms with van der Waals surface area (Å²) in [5.41, 5.74) is 3.05. The number of benzene rings is 3. The first kappa shape index (κ1) is 22.0. The Balaban J connectivity index is 1.51. The van der Waals surface area contributed by atoms with E-state index in [1.54, 1.807) is 54.6 Å². The van der Waals surface area contributed by atoms with Crippen molar-refractivity contribution in [3.8, 4) is 5.75 Å². The molecule has 3 N–H and O–H groups in total. The first-order valence-corrected chi connectivity index (χ1v) is 12.4. The summed E-state index contributed by atoms with van der Waals surface area (Å²) in [6.07, 6.45) is 4.94. The molecule has 34 heavy (non-hydrogen) atoms. The number of carbonyl (C=O) groups is 1. The zero-order chi connectivity index (χ0) is 23.9. The van der Waals surface area contributed by atoms with Crippen molar-refractivity contribution in [2.24, 2.45) is 5.92 Å². The van der Waals surface area contributed by atoms with Crippen LogP contribution in [-0.4, -0.2) is 26.6 Å². The van der Waals surface area contributed by atoms with Gasteiger partial charge in [0, 0.05) is 11.6 Å². The number of allylic oxidation sites excluding steroid dienone is 2. The van der Waals surface area contributed by atoms with Crippen molar-refractivity contribution in [3.63, 3.8) is 0 Å². The van der Waals surface area contributed by atoms with Gasteiger partial charge in [-0.25, -0.2) is 13.2 Å². The van der Waals surface area contributed by atoms with Crippen molar-refractivity contribution in [1.82, 2.24) is 0 Å². The Morgan fingerprint density at radius 1 is 1.06 bits per heavy atom. The van der Waals surface area contributed by atoms with Gasteiger partial charge in [-0.3, -0.25) is 4.72 Å². The molecule has 0 amide bonds. The van der Waals surface area contributed by atoms with Gasteiger partial charge in [-0.05, 0) is 59.9 Å². The number of carboxylic acids is 1. The number of fused-ring (bicyclic) bond motifs is 3. The summed E-state index contributed by atoms with van der Waals surface area (Å²) < 4.78 is 34.3. The minimum absolute atomic E-state index is 0.0236. The summed E-state index contributed by atoms with van der Waals surface area (Å²) in [4.78, 5) is 12.0. The Morgan fingerprint density at radius 2 is 1.82 bits per heavy atom. The van der Waals surface area contributed by atoms with Gasteiger partial charge in [-0.15, -0.1) is 0 Å². The van der Waals surface area contributed by atoms with E-state index in [1.807, 2.05) is 12.1 Å². The third-order valence-corrected chi connectivity index (χ3v) is 7.89. The number of anilines is 2. The van der Waals surface area contributed by atoms with Crippen LogP contribution in [0.25, 0.3) is 0 Å². The standard InChI is InChI=1S/C26H24N2O5S/c1-33-24-12-5-4-11-23(24)28-34(31,32)16-13-14-22-21(15-16)17-9-6-10-18(17)25(27-22)19-7-2-3-8-20(19)26(29)30/h2-9,11-15,17-18,25,27-28H,10H2,1H3,(H,29,30)/t17-,18+,25-/m0/s1. The zero-order valence-corrected chi connectivity index (χ0v) is 19.2. The molecule has 1 aliphatic heterocycles. The molecule has 0 unspecified atom stereocenters. The normalized spacial score (nSPS) is 20.7. The van der Waals surface area contributed by atoms with Crippen LogP contribution in [0.2, 0.25) is 0 Å². The Morgan fingerprint density at radius 3 is 2.62 bits per heavy atom. The van der Waals surface area contributed by atoms with E-state index in [2.05, 4.69) is 22.2 Å². The summed E-state index contributed by atoms with van der Waals surface area (Å²) >= 11 is 0. The molecule has 174 valence electrons. The lowest BCUT2D eigenvalue weighted by Crippen LogP contribution is -2.30. The van der Waals surface area contributed by atoms with Crippen molar-refractivity contribution in [1.29, 1.82) is 0 Å². The molecule has 3 aromatic carbocycles. The van der Waals surface area contributed by atoms with Crippen LogP contribution in [0.1, 0.15) is 39.9 Å². The molecule has 1 aliphatic carbocycles. The van der Waals surface area contributed by atoms with E-state index < -0.39 is 16.0 Å². The molecule has 0 saturated carbocycles. The summed E-state index contributed by atoms with van der Waals surface area (Å²) in [6.45, 7) is 0. The minimum Gasteiger partial charge on any atom is -0.495 e. The predicted molar refractivity (Wildman–Crippen MR) is 130 cm³/mol. The molecule has 0 bridgehead atoms. The van der Waals surface area contributed by atoms with Gasteiger partial charge in [0.15, 0.2) is 0 Å². The van der Waals surface area contributed by atoms with Gasteiger partial charge in [0.1, 0.15) is 5.75 Å². The number of ether oxygens (including phenoxy) is 1. The molecule has 2 aliphatic rings. The summed E-state index contributed by atoms with van der Waals surface area (Å²) in [7, 11) is -2.36. The van der Waals surface area contributed by atoms with Gasteiger partial charge in [0.05, 0.1) is 29.3 Å². The van der Waals surface area contributed by atoms with E-state index in [4.69, 9.17) is 4.74 Å². The van der Waals surface area contributed by atoms with Crippen LogP contribution >= 0.6 is 0 Å². The van der Waals surface area contributed by atoms with Crippen LogP contribution in [0.15, 0.2) is 83.8 Å². The summed E-state index contributed by atoms with van der Waals surface area (Å²) in [5, 5.41) is 13.2. The maximum Gasteiger partial charge on any atom is 0.336 e. The zero-order valence-electron chi connectivity index (χ0n) is 18.4. The molecule has 0 fully saturated rings. The molecule has 0 spiro atoms. The number of nitrogens with one attached hydrogen (secondary N) is 2. The highest BCUT2D eigenvalue weighted by atomic mass is 32.2. The average molecular weight is 477 g/mol. The van der Waals surface area contributed by atoms with E-state index >= 15 is 0 Å². The lowest BCUT2D eigenvalue weighted by atomic mass is 9.76. The lowest BCUT2D eigenvalue weighted by molar-refractivity contribution is 0.0694. The van der Waals surface area contributed by atoms with Crippen LogP contribution < -0.4 is 14.8 Å². The second-order valence-electron chi connectivity index (χ2n) is 8.42. The molecular weight excluding hydrogens is 452 g/mol. The molecule has 5 rings (SSSR count). The molecule has 8 heteroatoms. The Kier molecular flexibility index (Phi) is 5.53. The summed E-state index contributed by atoms with van der Waals surface area (Å²) in [6, 6.07) is 18.7. The molecule has 1 heterocycles. The van der Waals surface area contributed by atoms with Gasteiger partial charge in [-0.2, -0.15) is 0 Å². The van der Waals surface area contributed by atoms with Gasteiger partial charge in [-0.1, -0.05) is 42.5 Å². The number of carboxylic acid groups (broad SMARTS) is 1. The van der Waals surface area contributed by atoms with E-state index in [1.165, 1.54) is 7.11 Å². The Hall–Kier alpha value is -3.78. The maximum atomic E-state index is 13.2. The second-order valence-corrected chi connectivity index (χ2v) is 10.1. The Labute approximate surface area is 198 Å². The predicted octanol–water partition coefficient (Wildman–Crippen LogP) is 5.02. The number of methoxy groups -OCH3 is 1. The van der Waals surface area contributed by atoms with Gasteiger partial charge < -0.3 is 15.2 Å². The van der Waals surface area contributed by atoms with Crippen molar-refractivity contribution in [2.75, 3.05) is 17.1 Å². The fourth-order valence-electron chi connectivity index (χ4n) is 4.94. The highest BCUT2D eigenvalue weighted by molar-refractivity contribution is 7.92. The highest BCUT2D eigenvalue weighted by Crippen LogP contribution is 2.50. The number of aromatic carboxylic acids is 1. The van der Waals surface area contributed by atoms with Crippen molar-refractivity contribution >= 4 is 27.4 Å². The third kappa shape index (κ3) is 3.80. The largest absolute Gasteiger partial charge is 0.495 e. The third-order valence-electron chi connectivity index (χ3n) is 6.52. The van der Waals surface area contributed by atoms with E-state index in [9.17, 15) is 18.3 Å². The SMILES string of the molecule is COc1ccccc1NS(=O)(=O)c1ccc2c(c1)[C@H]1C=CC[C@H]1[C@@H](c1ccccc1C(=O)O)N2. The number of hydrogen-bond acceptors (Lipinski definition) is 5. The smallest absolute Gasteiger partial charge is 0.336 e. The van der Waals surface area contributed by atoms with Gasteiger partial charge in [0.25, 0.3) is 10.0 Å². The van der Waals surface area contributed by atoms with Crippen LogP contribution in [0.4, 0.5) is 11.4 Å². The highest BCUT2D eigenvalue weighted by Gasteiger charge is 2.39. The maximum absolute atomic E-state index is 13.2. The summed E-state index contributed by atoms with van der Waals surface area (Å²) in [5.74, 6) is -0.475. The van der Waals surface area contributed by atoms with Crippen molar-refractivity contribution in [3.05, 3.63) is 95.6 Å². The minimum atomic E-state index is -3.85. The monoisotopic (exact) mass is 476 g/mol. The fourth-order valence-corrected chi connectivity index (χ4v) is 6.05. The molecule has 7 nitrogen and oxygen atoms in total. The number of hydrogen-bond donors (Lipinski definition) is 3. The molecule has 3 atom stereocenters. The molecule has 0 aromatic heterocycles. The van der Waals surface area contributed by atoms with Crippen LogP contribution in [0, 0.1) is 5.92 Å². The Bertz CT molecular complexity index is 1400. The van der Waals surface area contributed by atoms with Gasteiger partial charge >= 0.3 is 5.97 Å². The average Bonchev–Trinajstić information content (AvgIpc) is 3.34. The van der Waals surface area contributed by atoms with Crippen LogP contribution in [-0.2, 0) is 10.0 Å². The first-order valence-electron chi connectivity index (χ1n) is 10.9. The van der Waals surface area contributed by atoms with E-state index in [0.717, 1.165) is 23.2 Å². The molecular formula is C26H24N2O5S. The number of rotatable bonds is 6. The second kappa shape index (κ2) is 8.53. The fraction of sp³-hybridized carbons (Fsp3) is 0.192. The number of para-hydroxylation sites is 2. The van der Waals surface area contributed by atoms with E-state index in [-0.39, 0.29) is 28.3 Å². The molecule has 0 saturated heterocycles. The number of sulfonamides is 1. The van der Waals surface area contributed by atoms with Crippen LogP contribution in [0.5, 0.6) is 5.75 Å². The lowest BCUT2D eigenvalue weighted by Gasteiger charge is -2.38. The topological polar surface area (TPSA) is 105 Å². The molecule has 0 radical (unpaired) electrons.